The lowest BCUT2D eigenvalue weighted by molar-refractivity contribution is -0.147. The van der Waals surface area contributed by atoms with Crippen LogP contribution in [-0.2, 0) is 12.8 Å². The molecule has 0 radical (unpaired) electrons. The van der Waals surface area contributed by atoms with Crippen molar-refractivity contribution in [2.45, 2.75) is 32.0 Å². The van der Waals surface area contributed by atoms with Crippen LogP contribution in [0.25, 0.3) is 0 Å². The Morgan fingerprint density at radius 3 is 2.40 bits per heavy atom. The number of halogens is 3. The SMILES string of the molecule is CCc1cccc(CC(N)C(F)(F)F)c1. The number of benzene rings is 1. The zero-order chi connectivity index (χ0) is 11.5. The van der Waals surface area contributed by atoms with Gasteiger partial charge in [0.05, 0.1) is 0 Å². The fraction of sp³-hybridized carbons (Fsp3) is 0.455. The summed E-state index contributed by atoms with van der Waals surface area (Å²) in [6, 6.07) is 5.32. The van der Waals surface area contributed by atoms with Crippen LogP contribution >= 0.6 is 0 Å². The first-order valence-corrected chi connectivity index (χ1v) is 4.83. The Bertz CT molecular complexity index is 320. The Labute approximate surface area is 87.1 Å². The topological polar surface area (TPSA) is 26.0 Å². The van der Waals surface area contributed by atoms with Crippen LogP contribution in [0.1, 0.15) is 18.1 Å². The van der Waals surface area contributed by atoms with Gasteiger partial charge in [0, 0.05) is 0 Å². The van der Waals surface area contributed by atoms with Gasteiger partial charge in [-0.3, -0.25) is 0 Å². The number of rotatable bonds is 3. The van der Waals surface area contributed by atoms with Crippen molar-refractivity contribution in [3.05, 3.63) is 35.4 Å². The first-order valence-electron chi connectivity index (χ1n) is 4.83. The van der Waals surface area contributed by atoms with Gasteiger partial charge < -0.3 is 5.73 Å². The van der Waals surface area contributed by atoms with Crippen molar-refractivity contribution in [1.82, 2.24) is 0 Å². The number of hydrogen-bond donors (Lipinski definition) is 1. The molecule has 84 valence electrons. The molecule has 1 nitrogen and oxygen atoms in total. The summed E-state index contributed by atoms with van der Waals surface area (Å²) in [7, 11) is 0. The van der Waals surface area contributed by atoms with Crippen LogP contribution in [0, 0.1) is 0 Å². The van der Waals surface area contributed by atoms with Crippen molar-refractivity contribution in [2.24, 2.45) is 5.73 Å². The summed E-state index contributed by atoms with van der Waals surface area (Å²) in [5, 5.41) is 0. The highest BCUT2D eigenvalue weighted by Gasteiger charge is 2.36. The molecule has 4 heteroatoms. The molecule has 0 heterocycles. The third-order valence-electron chi connectivity index (χ3n) is 2.28. The van der Waals surface area contributed by atoms with Crippen LogP contribution in [0.2, 0.25) is 0 Å². The van der Waals surface area contributed by atoms with Crippen LogP contribution in [0.3, 0.4) is 0 Å². The van der Waals surface area contributed by atoms with E-state index < -0.39 is 12.2 Å². The van der Waals surface area contributed by atoms with Gasteiger partial charge >= 0.3 is 6.18 Å². The highest BCUT2D eigenvalue weighted by atomic mass is 19.4. The first-order chi connectivity index (χ1) is 6.93. The zero-order valence-corrected chi connectivity index (χ0v) is 8.51. The van der Waals surface area contributed by atoms with E-state index in [1.807, 2.05) is 13.0 Å². The molecule has 1 rings (SSSR count). The number of hydrogen-bond acceptors (Lipinski definition) is 1. The summed E-state index contributed by atoms with van der Waals surface area (Å²) in [5.74, 6) is 0. The molecule has 0 amide bonds. The van der Waals surface area contributed by atoms with Crippen molar-refractivity contribution in [2.75, 3.05) is 0 Å². The standard InChI is InChI=1S/C11H14F3N/c1-2-8-4-3-5-9(6-8)7-10(15)11(12,13)14/h3-6,10H,2,7,15H2,1H3. The molecule has 0 aromatic heterocycles. The average molecular weight is 217 g/mol. The average Bonchev–Trinajstić information content (AvgIpc) is 2.16. The van der Waals surface area contributed by atoms with E-state index in [4.69, 9.17) is 5.73 Å². The molecule has 1 unspecified atom stereocenters. The normalized spacial score (nSPS) is 13.9. The first kappa shape index (κ1) is 12.0. The predicted octanol–water partition coefficient (Wildman–Crippen LogP) is 2.68. The number of aryl methyl sites for hydroxylation is 1. The van der Waals surface area contributed by atoms with Gasteiger partial charge in [0.1, 0.15) is 6.04 Å². The summed E-state index contributed by atoms with van der Waals surface area (Å²) >= 11 is 0. The van der Waals surface area contributed by atoms with Crippen LogP contribution in [0.5, 0.6) is 0 Å². The van der Waals surface area contributed by atoms with E-state index in [0.717, 1.165) is 12.0 Å². The van der Waals surface area contributed by atoms with Gasteiger partial charge in [-0.2, -0.15) is 13.2 Å². The Morgan fingerprint density at radius 2 is 1.87 bits per heavy atom. The minimum atomic E-state index is -4.32. The molecule has 0 aliphatic rings. The van der Waals surface area contributed by atoms with Gasteiger partial charge in [-0.1, -0.05) is 31.2 Å². The summed E-state index contributed by atoms with van der Waals surface area (Å²) in [6.45, 7) is 1.96. The van der Waals surface area contributed by atoms with Crippen LogP contribution in [0.15, 0.2) is 24.3 Å². The van der Waals surface area contributed by atoms with Gasteiger partial charge in [-0.25, -0.2) is 0 Å². The lowest BCUT2D eigenvalue weighted by Crippen LogP contribution is -2.39. The summed E-state index contributed by atoms with van der Waals surface area (Å²) in [6.07, 6.45) is -3.66. The second kappa shape index (κ2) is 4.66. The van der Waals surface area contributed by atoms with E-state index in [2.05, 4.69) is 0 Å². The van der Waals surface area contributed by atoms with Gasteiger partial charge in [0.25, 0.3) is 0 Å². The van der Waals surface area contributed by atoms with Crippen molar-refractivity contribution < 1.29 is 13.2 Å². The quantitative estimate of drug-likeness (QED) is 0.827. The number of nitrogens with two attached hydrogens (primary N) is 1. The lowest BCUT2D eigenvalue weighted by atomic mass is 10.0. The van der Waals surface area contributed by atoms with Crippen LogP contribution < -0.4 is 5.73 Å². The van der Waals surface area contributed by atoms with Crippen LogP contribution in [0.4, 0.5) is 13.2 Å². The van der Waals surface area contributed by atoms with Gasteiger partial charge in [0.15, 0.2) is 0 Å². The Kier molecular flexibility index (Phi) is 3.74. The van der Waals surface area contributed by atoms with Crippen molar-refractivity contribution in [3.8, 4) is 0 Å². The van der Waals surface area contributed by atoms with Gasteiger partial charge in [0.2, 0.25) is 0 Å². The molecule has 0 spiro atoms. The molecule has 0 aliphatic carbocycles. The maximum Gasteiger partial charge on any atom is 0.403 e. The largest absolute Gasteiger partial charge is 0.403 e. The minimum absolute atomic E-state index is 0.155. The Morgan fingerprint density at radius 1 is 1.27 bits per heavy atom. The third kappa shape index (κ3) is 3.55. The highest BCUT2D eigenvalue weighted by molar-refractivity contribution is 5.24. The fourth-order valence-corrected chi connectivity index (χ4v) is 1.35. The molecule has 1 aromatic rings. The monoisotopic (exact) mass is 217 g/mol. The second-order valence-electron chi connectivity index (χ2n) is 3.53. The number of alkyl halides is 3. The zero-order valence-electron chi connectivity index (χ0n) is 8.51. The van der Waals surface area contributed by atoms with E-state index in [0.29, 0.717) is 5.56 Å². The molecule has 1 aromatic carbocycles. The maximum absolute atomic E-state index is 12.2. The molecule has 0 bridgehead atoms. The van der Waals surface area contributed by atoms with E-state index in [-0.39, 0.29) is 6.42 Å². The second-order valence-corrected chi connectivity index (χ2v) is 3.53. The lowest BCUT2D eigenvalue weighted by Gasteiger charge is -2.15. The summed E-state index contributed by atoms with van der Waals surface area (Å²) in [5.41, 5.74) is 6.72. The molecule has 0 fully saturated rings. The van der Waals surface area contributed by atoms with E-state index in [1.54, 1.807) is 18.2 Å². The molecular formula is C11H14F3N. The van der Waals surface area contributed by atoms with Crippen molar-refractivity contribution in [1.29, 1.82) is 0 Å². The molecule has 0 saturated heterocycles. The summed E-state index contributed by atoms with van der Waals surface area (Å²) < 4.78 is 36.6. The molecule has 1 atom stereocenters. The van der Waals surface area contributed by atoms with E-state index >= 15 is 0 Å². The molecular weight excluding hydrogens is 203 g/mol. The Balaban J connectivity index is 2.72. The fourth-order valence-electron chi connectivity index (χ4n) is 1.35. The Hall–Kier alpha value is -1.03. The van der Waals surface area contributed by atoms with E-state index in [1.165, 1.54) is 0 Å². The molecule has 2 N–H and O–H groups in total. The minimum Gasteiger partial charge on any atom is -0.320 e. The smallest absolute Gasteiger partial charge is 0.320 e. The maximum atomic E-state index is 12.2. The molecule has 0 aliphatic heterocycles. The van der Waals surface area contributed by atoms with Gasteiger partial charge in [-0.15, -0.1) is 0 Å². The highest BCUT2D eigenvalue weighted by Crippen LogP contribution is 2.21. The van der Waals surface area contributed by atoms with Crippen molar-refractivity contribution in [3.63, 3.8) is 0 Å². The van der Waals surface area contributed by atoms with Gasteiger partial charge in [-0.05, 0) is 24.0 Å². The molecule has 15 heavy (non-hydrogen) atoms. The van der Waals surface area contributed by atoms with E-state index in [9.17, 15) is 13.2 Å². The predicted molar refractivity (Wildman–Crippen MR) is 53.6 cm³/mol. The third-order valence-corrected chi connectivity index (χ3v) is 2.28. The molecule has 0 saturated carbocycles. The summed E-state index contributed by atoms with van der Waals surface area (Å²) in [4.78, 5) is 0. The van der Waals surface area contributed by atoms with Crippen molar-refractivity contribution >= 4 is 0 Å². The van der Waals surface area contributed by atoms with Crippen LogP contribution in [-0.4, -0.2) is 12.2 Å².